The van der Waals surface area contributed by atoms with Gasteiger partial charge in [0.1, 0.15) is 0 Å². The average molecular weight is 346 g/mol. The van der Waals surface area contributed by atoms with Crippen molar-refractivity contribution in [2.75, 3.05) is 0 Å². The highest BCUT2D eigenvalue weighted by molar-refractivity contribution is 5.86. The second-order valence-corrected chi connectivity index (χ2v) is 5.44. The molecule has 0 saturated heterocycles. The molecule has 1 fully saturated rings. The predicted octanol–water partition coefficient (Wildman–Crippen LogP) is 1.85. The third-order valence-electron chi connectivity index (χ3n) is 3.99. The number of halogens is 2. The van der Waals surface area contributed by atoms with Crippen molar-refractivity contribution in [2.24, 2.45) is 5.73 Å². The molecule has 0 unspecified atom stereocenters. The molecule has 1 aliphatic rings. The van der Waals surface area contributed by atoms with Crippen molar-refractivity contribution < 1.29 is 4.79 Å². The van der Waals surface area contributed by atoms with Crippen LogP contribution in [0.5, 0.6) is 0 Å². The van der Waals surface area contributed by atoms with Crippen LogP contribution in [0.3, 0.4) is 0 Å². The highest BCUT2D eigenvalue weighted by Gasteiger charge is 2.35. The first-order chi connectivity index (χ1) is 9.69. The highest BCUT2D eigenvalue weighted by Crippen LogP contribution is 2.25. The lowest BCUT2D eigenvalue weighted by atomic mass is 9.82. The lowest BCUT2D eigenvalue weighted by Gasteiger charge is -2.31. The summed E-state index contributed by atoms with van der Waals surface area (Å²) in [6.07, 6.45) is 6.63. The highest BCUT2D eigenvalue weighted by atomic mass is 35.5. The first-order valence-corrected chi connectivity index (χ1v) is 7.05. The van der Waals surface area contributed by atoms with Crippen LogP contribution in [-0.4, -0.2) is 26.0 Å². The van der Waals surface area contributed by atoms with Crippen molar-refractivity contribution in [2.45, 2.75) is 44.2 Å². The molecule has 1 saturated carbocycles. The normalized spacial score (nSPS) is 16.4. The van der Waals surface area contributed by atoms with Crippen molar-refractivity contribution in [1.29, 1.82) is 0 Å². The first kappa shape index (κ1) is 18.7. The van der Waals surface area contributed by atoms with E-state index in [2.05, 4.69) is 15.5 Å². The lowest BCUT2D eigenvalue weighted by molar-refractivity contribution is -0.127. The molecular weight excluding hydrogens is 325 g/mol. The van der Waals surface area contributed by atoms with Crippen molar-refractivity contribution in [3.8, 4) is 0 Å². The number of fused-ring (bicyclic) bond motifs is 1. The summed E-state index contributed by atoms with van der Waals surface area (Å²) in [5.74, 6) is 0.637. The van der Waals surface area contributed by atoms with E-state index >= 15 is 0 Å². The predicted molar refractivity (Wildman–Crippen MR) is 89.3 cm³/mol. The Morgan fingerprint density at radius 3 is 2.68 bits per heavy atom. The van der Waals surface area contributed by atoms with Gasteiger partial charge in [-0.15, -0.1) is 35.0 Å². The van der Waals surface area contributed by atoms with Crippen molar-refractivity contribution in [3.63, 3.8) is 0 Å². The number of amides is 1. The van der Waals surface area contributed by atoms with Gasteiger partial charge in [-0.25, -0.2) is 0 Å². The second-order valence-electron chi connectivity index (χ2n) is 5.44. The number of nitrogens with two attached hydrogens (primary N) is 1. The van der Waals surface area contributed by atoms with Gasteiger partial charge in [-0.05, 0) is 25.0 Å². The molecule has 0 spiro atoms. The average Bonchev–Trinajstić information content (AvgIpc) is 2.89. The monoisotopic (exact) mass is 345 g/mol. The van der Waals surface area contributed by atoms with E-state index in [1.54, 1.807) is 0 Å². The van der Waals surface area contributed by atoms with E-state index in [-0.39, 0.29) is 30.7 Å². The van der Waals surface area contributed by atoms with Crippen LogP contribution in [0.1, 0.15) is 37.9 Å². The summed E-state index contributed by atoms with van der Waals surface area (Å²) in [5, 5.41) is 11.0. The van der Waals surface area contributed by atoms with Crippen LogP contribution in [-0.2, 0) is 11.3 Å². The minimum Gasteiger partial charge on any atom is -0.347 e. The molecule has 2 aromatic rings. The molecule has 0 aliphatic heterocycles. The quantitative estimate of drug-likeness (QED) is 0.888. The summed E-state index contributed by atoms with van der Waals surface area (Å²) in [7, 11) is 0. The number of hydrogen-bond acceptors (Lipinski definition) is 4. The fourth-order valence-corrected chi connectivity index (χ4v) is 2.76. The maximum atomic E-state index is 12.3. The van der Waals surface area contributed by atoms with Gasteiger partial charge in [0.2, 0.25) is 5.91 Å². The molecule has 1 aliphatic carbocycles. The topological polar surface area (TPSA) is 85.3 Å². The number of carbonyl (C=O) groups is 1. The molecule has 22 heavy (non-hydrogen) atoms. The maximum absolute atomic E-state index is 12.3. The first-order valence-electron chi connectivity index (χ1n) is 7.05. The Bertz CT molecular complexity index is 624. The van der Waals surface area contributed by atoms with Crippen LogP contribution in [0, 0.1) is 0 Å². The zero-order chi connectivity index (χ0) is 14.0. The molecule has 1 amide bonds. The molecule has 2 heterocycles. The number of hydrogen-bond donors (Lipinski definition) is 2. The van der Waals surface area contributed by atoms with Gasteiger partial charge < -0.3 is 11.1 Å². The van der Waals surface area contributed by atoms with E-state index in [9.17, 15) is 4.79 Å². The molecule has 0 atom stereocenters. The van der Waals surface area contributed by atoms with Crippen LogP contribution in [0.2, 0.25) is 0 Å². The van der Waals surface area contributed by atoms with E-state index in [4.69, 9.17) is 5.73 Å². The molecule has 122 valence electrons. The summed E-state index contributed by atoms with van der Waals surface area (Å²) < 4.78 is 1.87. The SMILES string of the molecule is Cl.Cl.NC1(C(=O)NCc2nnc3ccccn23)CCCCC1. The van der Waals surface area contributed by atoms with Crippen LogP contribution >= 0.6 is 24.8 Å². The minimum absolute atomic E-state index is 0. The second kappa shape index (κ2) is 7.76. The maximum Gasteiger partial charge on any atom is 0.240 e. The van der Waals surface area contributed by atoms with E-state index in [1.165, 1.54) is 6.42 Å². The van der Waals surface area contributed by atoms with E-state index in [0.717, 1.165) is 31.3 Å². The van der Waals surface area contributed by atoms with Gasteiger partial charge in [0, 0.05) is 6.20 Å². The molecule has 0 radical (unpaired) electrons. The van der Waals surface area contributed by atoms with Gasteiger partial charge in [-0.1, -0.05) is 25.3 Å². The zero-order valence-electron chi connectivity index (χ0n) is 12.2. The summed E-state index contributed by atoms with van der Waals surface area (Å²) in [4.78, 5) is 12.3. The third kappa shape index (κ3) is 3.69. The van der Waals surface area contributed by atoms with Crippen molar-refractivity contribution >= 4 is 36.4 Å². The Morgan fingerprint density at radius 2 is 1.95 bits per heavy atom. The third-order valence-corrected chi connectivity index (χ3v) is 3.99. The Labute approximate surface area is 141 Å². The lowest BCUT2D eigenvalue weighted by Crippen LogP contribution is -2.54. The smallest absolute Gasteiger partial charge is 0.240 e. The summed E-state index contributed by atoms with van der Waals surface area (Å²) >= 11 is 0. The number of nitrogens with zero attached hydrogens (tertiary/aromatic N) is 3. The molecule has 0 aromatic carbocycles. The minimum atomic E-state index is -0.710. The molecule has 8 heteroatoms. The van der Waals surface area contributed by atoms with Gasteiger partial charge in [0.25, 0.3) is 0 Å². The number of pyridine rings is 1. The fraction of sp³-hybridized carbons (Fsp3) is 0.500. The number of aromatic nitrogens is 3. The molecular formula is C14H21Cl2N5O. The summed E-state index contributed by atoms with van der Waals surface area (Å²) in [5.41, 5.74) is 6.27. The molecule has 2 aromatic heterocycles. The van der Waals surface area contributed by atoms with E-state index in [0.29, 0.717) is 12.4 Å². The standard InChI is InChI=1S/C14H19N5O.2ClH/c15-14(7-3-1-4-8-14)13(20)16-10-12-18-17-11-6-2-5-9-19(11)12;;/h2,5-6,9H,1,3-4,7-8,10,15H2,(H,16,20);2*1H. The van der Waals surface area contributed by atoms with Gasteiger partial charge in [0.05, 0.1) is 12.1 Å². The van der Waals surface area contributed by atoms with E-state index in [1.807, 2.05) is 28.8 Å². The van der Waals surface area contributed by atoms with Gasteiger partial charge in [-0.3, -0.25) is 9.20 Å². The largest absolute Gasteiger partial charge is 0.347 e. The number of carbonyl (C=O) groups excluding carboxylic acids is 1. The number of nitrogens with one attached hydrogen (secondary N) is 1. The van der Waals surface area contributed by atoms with Gasteiger partial charge >= 0.3 is 0 Å². The zero-order valence-corrected chi connectivity index (χ0v) is 13.8. The summed E-state index contributed by atoms with van der Waals surface area (Å²) in [6.45, 7) is 0.350. The Hall–Kier alpha value is -1.37. The fourth-order valence-electron chi connectivity index (χ4n) is 2.76. The molecule has 0 bridgehead atoms. The Morgan fingerprint density at radius 1 is 1.23 bits per heavy atom. The Kier molecular flexibility index (Phi) is 6.59. The molecule has 6 nitrogen and oxygen atoms in total. The van der Waals surface area contributed by atoms with E-state index < -0.39 is 5.54 Å². The van der Waals surface area contributed by atoms with Crippen molar-refractivity contribution in [3.05, 3.63) is 30.2 Å². The van der Waals surface area contributed by atoms with Crippen LogP contribution in [0.25, 0.3) is 5.65 Å². The van der Waals surface area contributed by atoms with Crippen molar-refractivity contribution in [1.82, 2.24) is 19.9 Å². The van der Waals surface area contributed by atoms with Gasteiger partial charge in [0.15, 0.2) is 11.5 Å². The molecule has 3 rings (SSSR count). The number of rotatable bonds is 3. The molecule has 3 N–H and O–H groups in total. The van der Waals surface area contributed by atoms with Crippen LogP contribution < -0.4 is 11.1 Å². The van der Waals surface area contributed by atoms with Gasteiger partial charge in [-0.2, -0.15) is 0 Å². The summed E-state index contributed by atoms with van der Waals surface area (Å²) in [6, 6.07) is 5.69. The van der Waals surface area contributed by atoms with Crippen LogP contribution in [0.4, 0.5) is 0 Å². The van der Waals surface area contributed by atoms with Crippen LogP contribution in [0.15, 0.2) is 24.4 Å². The Balaban J connectivity index is 0.00000121.